The Morgan fingerprint density at radius 1 is 1.31 bits per heavy atom. The van der Waals surface area contributed by atoms with E-state index < -0.39 is 10.0 Å². The monoisotopic (exact) mass is 245 g/mol. The van der Waals surface area contributed by atoms with Gasteiger partial charge in [0.1, 0.15) is 4.90 Å². The second-order valence-electron chi connectivity index (χ2n) is 3.76. The summed E-state index contributed by atoms with van der Waals surface area (Å²) >= 11 is 0. The quantitative estimate of drug-likeness (QED) is 0.826. The summed E-state index contributed by atoms with van der Waals surface area (Å²) in [6, 6.07) is 0. The van der Waals surface area contributed by atoms with Crippen molar-refractivity contribution in [3.8, 4) is 0 Å². The minimum atomic E-state index is -3.37. The van der Waals surface area contributed by atoms with Crippen LogP contribution >= 0.6 is 0 Å². The van der Waals surface area contributed by atoms with Crippen molar-refractivity contribution in [1.82, 2.24) is 14.5 Å². The van der Waals surface area contributed by atoms with Crippen molar-refractivity contribution in [3.63, 3.8) is 0 Å². The molecule has 5 nitrogen and oxygen atoms in total. The van der Waals surface area contributed by atoms with Crippen molar-refractivity contribution in [2.24, 2.45) is 0 Å². The minimum absolute atomic E-state index is 0.286. The highest BCUT2D eigenvalue weighted by molar-refractivity contribution is 7.89. The minimum Gasteiger partial charge on any atom is -0.281 e. The molecule has 0 aromatic carbocycles. The summed E-state index contributed by atoms with van der Waals surface area (Å²) in [5, 5.41) is 6.42. The number of sulfonamides is 1. The van der Waals surface area contributed by atoms with Gasteiger partial charge in [-0.2, -0.15) is 9.40 Å². The van der Waals surface area contributed by atoms with Gasteiger partial charge in [-0.1, -0.05) is 13.8 Å². The van der Waals surface area contributed by atoms with Gasteiger partial charge in [0.15, 0.2) is 0 Å². The van der Waals surface area contributed by atoms with Gasteiger partial charge in [0, 0.05) is 13.1 Å². The molecule has 0 aliphatic carbocycles. The summed E-state index contributed by atoms with van der Waals surface area (Å²) < 4.78 is 26.0. The summed E-state index contributed by atoms with van der Waals surface area (Å²) in [5.74, 6) is 0. The van der Waals surface area contributed by atoms with E-state index in [1.165, 1.54) is 10.5 Å². The highest BCUT2D eigenvalue weighted by Crippen LogP contribution is 2.18. The van der Waals surface area contributed by atoms with Crippen molar-refractivity contribution >= 4 is 10.0 Å². The summed E-state index contributed by atoms with van der Waals surface area (Å²) in [4.78, 5) is 0.286. The Balaban J connectivity index is 3.03. The maximum atomic E-state index is 12.3. The van der Waals surface area contributed by atoms with Gasteiger partial charge in [-0.25, -0.2) is 8.42 Å². The van der Waals surface area contributed by atoms with Crippen LogP contribution in [0.1, 0.15) is 32.4 Å². The predicted octanol–water partition coefficient (Wildman–Crippen LogP) is 1.53. The zero-order chi connectivity index (χ0) is 12.2. The third-order valence-corrected chi connectivity index (χ3v) is 4.36. The van der Waals surface area contributed by atoms with E-state index in [0.717, 1.165) is 12.8 Å². The average molecular weight is 245 g/mol. The number of rotatable bonds is 6. The predicted molar refractivity (Wildman–Crippen MR) is 62.7 cm³/mol. The fourth-order valence-corrected chi connectivity index (χ4v) is 3.33. The Morgan fingerprint density at radius 2 is 1.88 bits per heavy atom. The van der Waals surface area contributed by atoms with Crippen LogP contribution in [0, 0.1) is 6.92 Å². The third-order valence-electron chi connectivity index (χ3n) is 2.35. The van der Waals surface area contributed by atoms with E-state index in [2.05, 4.69) is 10.2 Å². The zero-order valence-corrected chi connectivity index (χ0v) is 10.8. The standard InChI is InChI=1S/C10H19N3O2S/c1-4-6-13(7-5-2)16(14,15)10-8-11-12-9(10)3/h8H,4-7H2,1-3H3,(H,11,12). The first-order valence-corrected chi connectivity index (χ1v) is 6.98. The van der Waals surface area contributed by atoms with E-state index >= 15 is 0 Å². The SMILES string of the molecule is CCCN(CCC)S(=O)(=O)c1cn[nH]c1C. The molecule has 0 saturated heterocycles. The lowest BCUT2D eigenvalue weighted by molar-refractivity contribution is 0.409. The molecule has 1 aromatic rings. The normalized spacial score (nSPS) is 12.2. The lowest BCUT2D eigenvalue weighted by Gasteiger charge is -2.20. The molecule has 1 heterocycles. The van der Waals surface area contributed by atoms with E-state index in [-0.39, 0.29) is 4.90 Å². The van der Waals surface area contributed by atoms with Crippen molar-refractivity contribution in [3.05, 3.63) is 11.9 Å². The first-order valence-electron chi connectivity index (χ1n) is 5.54. The van der Waals surface area contributed by atoms with E-state index in [4.69, 9.17) is 0 Å². The molecule has 1 rings (SSSR count). The molecule has 92 valence electrons. The Hall–Kier alpha value is -0.880. The number of aromatic nitrogens is 2. The van der Waals surface area contributed by atoms with Gasteiger partial charge in [-0.3, -0.25) is 5.10 Å². The van der Waals surface area contributed by atoms with E-state index in [1.807, 2.05) is 13.8 Å². The number of nitrogens with one attached hydrogen (secondary N) is 1. The highest BCUT2D eigenvalue weighted by Gasteiger charge is 2.25. The van der Waals surface area contributed by atoms with Crippen molar-refractivity contribution in [2.75, 3.05) is 13.1 Å². The van der Waals surface area contributed by atoms with Crippen LogP contribution in [-0.2, 0) is 10.0 Å². The molecule has 0 saturated carbocycles. The number of nitrogens with zero attached hydrogens (tertiary/aromatic N) is 2. The molecule has 0 aliphatic heterocycles. The van der Waals surface area contributed by atoms with Gasteiger partial charge in [0.2, 0.25) is 10.0 Å². The molecule has 0 aliphatic rings. The third kappa shape index (κ3) is 2.62. The van der Waals surface area contributed by atoms with E-state index in [9.17, 15) is 8.42 Å². The number of H-pyrrole nitrogens is 1. The second-order valence-corrected chi connectivity index (χ2v) is 5.67. The van der Waals surface area contributed by atoms with Crippen LogP contribution in [0.25, 0.3) is 0 Å². The molecular weight excluding hydrogens is 226 g/mol. The fraction of sp³-hybridized carbons (Fsp3) is 0.700. The van der Waals surface area contributed by atoms with Gasteiger partial charge >= 0.3 is 0 Å². The van der Waals surface area contributed by atoms with Crippen LogP contribution in [0.2, 0.25) is 0 Å². The number of hydrogen-bond donors (Lipinski definition) is 1. The summed E-state index contributed by atoms with van der Waals surface area (Å²) in [5.41, 5.74) is 0.595. The van der Waals surface area contributed by atoms with Crippen LogP contribution in [0.4, 0.5) is 0 Å². The van der Waals surface area contributed by atoms with Crippen LogP contribution in [0.3, 0.4) is 0 Å². The Bertz CT molecular complexity index is 419. The van der Waals surface area contributed by atoms with Crippen LogP contribution < -0.4 is 0 Å². The van der Waals surface area contributed by atoms with E-state index in [0.29, 0.717) is 18.8 Å². The number of hydrogen-bond acceptors (Lipinski definition) is 3. The molecule has 0 amide bonds. The molecule has 0 spiro atoms. The lowest BCUT2D eigenvalue weighted by Crippen LogP contribution is -2.32. The van der Waals surface area contributed by atoms with Gasteiger partial charge in [0.25, 0.3) is 0 Å². The second kappa shape index (κ2) is 5.45. The highest BCUT2D eigenvalue weighted by atomic mass is 32.2. The maximum Gasteiger partial charge on any atom is 0.246 e. The number of aryl methyl sites for hydroxylation is 1. The maximum absolute atomic E-state index is 12.3. The Kier molecular flexibility index (Phi) is 4.49. The fourth-order valence-electron chi connectivity index (χ4n) is 1.59. The first kappa shape index (κ1) is 13.2. The molecule has 1 N–H and O–H groups in total. The van der Waals surface area contributed by atoms with Crippen molar-refractivity contribution in [1.29, 1.82) is 0 Å². The molecule has 0 fully saturated rings. The van der Waals surface area contributed by atoms with Crippen molar-refractivity contribution in [2.45, 2.75) is 38.5 Å². The largest absolute Gasteiger partial charge is 0.281 e. The molecule has 0 unspecified atom stereocenters. The van der Waals surface area contributed by atoms with Gasteiger partial charge in [-0.15, -0.1) is 0 Å². The van der Waals surface area contributed by atoms with Crippen LogP contribution in [0.15, 0.2) is 11.1 Å². The Morgan fingerprint density at radius 3 is 2.25 bits per heavy atom. The zero-order valence-electron chi connectivity index (χ0n) is 10.0. The lowest BCUT2D eigenvalue weighted by atomic mass is 10.4. The Labute approximate surface area is 96.9 Å². The smallest absolute Gasteiger partial charge is 0.246 e. The van der Waals surface area contributed by atoms with Gasteiger partial charge in [0.05, 0.1) is 11.9 Å². The van der Waals surface area contributed by atoms with Crippen LogP contribution in [0.5, 0.6) is 0 Å². The molecule has 1 aromatic heterocycles. The first-order chi connectivity index (χ1) is 7.54. The topological polar surface area (TPSA) is 66.1 Å². The van der Waals surface area contributed by atoms with Gasteiger partial charge in [-0.05, 0) is 19.8 Å². The summed E-state index contributed by atoms with van der Waals surface area (Å²) in [6.07, 6.45) is 3.01. The molecule has 6 heteroatoms. The summed E-state index contributed by atoms with van der Waals surface area (Å²) in [6.45, 7) is 6.78. The molecule has 0 radical (unpaired) electrons. The molecule has 0 atom stereocenters. The molecular formula is C10H19N3O2S. The van der Waals surface area contributed by atoms with Gasteiger partial charge < -0.3 is 0 Å². The average Bonchev–Trinajstić information content (AvgIpc) is 2.65. The number of aromatic amines is 1. The van der Waals surface area contributed by atoms with Crippen LogP contribution in [-0.4, -0.2) is 36.0 Å². The molecule has 0 bridgehead atoms. The van der Waals surface area contributed by atoms with E-state index in [1.54, 1.807) is 6.92 Å². The van der Waals surface area contributed by atoms with Crippen molar-refractivity contribution < 1.29 is 8.42 Å². The summed E-state index contributed by atoms with van der Waals surface area (Å²) in [7, 11) is -3.37. The molecule has 16 heavy (non-hydrogen) atoms.